The second-order valence-electron chi connectivity index (χ2n) is 6.58. The highest BCUT2D eigenvalue weighted by Crippen LogP contribution is 2.29. The Hall–Kier alpha value is -1.36. The first-order chi connectivity index (χ1) is 9.43. The first-order valence-corrected chi connectivity index (χ1v) is 7.41. The number of H-pyrrole nitrogens is 1. The predicted octanol–water partition coefficient (Wildman–Crippen LogP) is 2.08. The van der Waals surface area contributed by atoms with Gasteiger partial charge in [0.25, 0.3) is 5.91 Å². The molecule has 0 bridgehead atoms. The zero-order valence-corrected chi connectivity index (χ0v) is 12.6. The number of rotatable bonds is 6. The van der Waals surface area contributed by atoms with Crippen molar-refractivity contribution in [1.82, 2.24) is 15.1 Å². The van der Waals surface area contributed by atoms with E-state index in [2.05, 4.69) is 31.0 Å². The number of nitrogens with one attached hydrogen (secondary N) is 1. The van der Waals surface area contributed by atoms with Crippen molar-refractivity contribution < 1.29 is 9.90 Å². The lowest BCUT2D eigenvalue weighted by Gasteiger charge is -2.21. The van der Waals surface area contributed by atoms with Gasteiger partial charge in [-0.05, 0) is 31.7 Å². The van der Waals surface area contributed by atoms with Crippen molar-refractivity contribution in [1.29, 1.82) is 0 Å². The largest absolute Gasteiger partial charge is 0.396 e. The first kappa shape index (κ1) is 15.0. The third-order valence-corrected chi connectivity index (χ3v) is 3.66. The Balaban J connectivity index is 2.05. The van der Waals surface area contributed by atoms with Crippen molar-refractivity contribution in [3.63, 3.8) is 0 Å². The Bertz CT molecular complexity index is 458. The van der Waals surface area contributed by atoms with E-state index in [1.54, 1.807) is 0 Å². The summed E-state index contributed by atoms with van der Waals surface area (Å²) in [5.74, 6) is 0.0113. The third kappa shape index (κ3) is 3.60. The molecule has 0 spiro atoms. The Morgan fingerprint density at radius 1 is 1.45 bits per heavy atom. The normalized spacial score (nSPS) is 15.4. The molecule has 1 amide bonds. The van der Waals surface area contributed by atoms with Gasteiger partial charge in [0.05, 0.1) is 0 Å². The molecule has 1 saturated carbocycles. The number of nitrogens with zero attached hydrogens (tertiary/aromatic N) is 2. The molecule has 1 fully saturated rings. The smallest absolute Gasteiger partial charge is 0.274 e. The molecular weight excluding hydrogens is 254 g/mol. The highest BCUT2D eigenvalue weighted by molar-refractivity contribution is 5.92. The van der Waals surface area contributed by atoms with Gasteiger partial charge in [0, 0.05) is 30.3 Å². The van der Waals surface area contributed by atoms with Crippen molar-refractivity contribution in [2.75, 3.05) is 13.2 Å². The minimum atomic E-state index is -0.0349. The standard InChI is InChI=1S/C15H25N3O2/c1-15(2,3)13-10-12(16-17-13)14(20)18(11-6-7-11)8-4-5-9-19/h10-11,19H,4-9H2,1-3H3,(H,16,17). The molecule has 0 atom stereocenters. The van der Waals surface area contributed by atoms with Gasteiger partial charge in [-0.1, -0.05) is 20.8 Å². The van der Waals surface area contributed by atoms with Crippen LogP contribution in [0.15, 0.2) is 6.07 Å². The molecule has 5 heteroatoms. The molecule has 112 valence electrons. The van der Waals surface area contributed by atoms with Gasteiger partial charge in [-0.3, -0.25) is 9.89 Å². The van der Waals surface area contributed by atoms with E-state index < -0.39 is 0 Å². The summed E-state index contributed by atoms with van der Waals surface area (Å²) in [4.78, 5) is 14.5. The molecule has 2 rings (SSSR count). The summed E-state index contributed by atoms with van der Waals surface area (Å²) in [6.45, 7) is 7.17. The molecule has 0 aromatic carbocycles. The SMILES string of the molecule is CC(C)(C)c1cc(C(=O)N(CCCCO)C2CC2)n[nH]1. The van der Waals surface area contributed by atoms with Gasteiger partial charge in [-0.2, -0.15) is 5.10 Å². The number of carbonyl (C=O) groups excluding carboxylic acids is 1. The van der Waals surface area contributed by atoms with Crippen molar-refractivity contribution in [3.8, 4) is 0 Å². The van der Waals surface area contributed by atoms with Gasteiger partial charge in [-0.15, -0.1) is 0 Å². The van der Waals surface area contributed by atoms with Crippen LogP contribution < -0.4 is 0 Å². The summed E-state index contributed by atoms with van der Waals surface area (Å²) < 4.78 is 0. The van der Waals surface area contributed by atoms with Crippen LogP contribution in [-0.4, -0.2) is 45.3 Å². The van der Waals surface area contributed by atoms with Gasteiger partial charge in [0.15, 0.2) is 0 Å². The second-order valence-corrected chi connectivity index (χ2v) is 6.58. The van der Waals surface area contributed by atoms with Crippen LogP contribution in [0.25, 0.3) is 0 Å². The van der Waals surface area contributed by atoms with Gasteiger partial charge in [0.1, 0.15) is 5.69 Å². The Kier molecular flexibility index (Phi) is 4.48. The minimum Gasteiger partial charge on any atom is -0.396 e. The average Bonchev–Trinajstić information content (AvgIpc) is 3.07. The number of hydrogen-bond donors (Lipinski definition) is 2. The van der Waals surface area contributed by atoms with E-state index in [9.17, 15) is 4.79 Å². The molecular formula is C15H25N3O2. The summed E-state index contributed by atoms with van der Waals surface area (Å²) in [6.07, 6.45) is 3.75. The molecule has 1 aromatic heterocycles. The summed E-state index contributed by atoms with van der Waals surface area (Å²) in [6, 6.07) is 2.24. The van der Waals surface area contributed by atoms with Crippen LogP contribution in [-0.2, 0) is 5.41 Å². The summed E-state index contributed by atoms with van der Waals surface area (Å²) in [5.41, 5.74) is 1.45. The lowest BCUT2D eigenvalue weighted by atomic mass is 9.92. The Labute approximate surface area is 120 Å². The van der Waals surface area contributed by atoms with E-state index >= 15 is 0 Å². The maximum absolute atomic E-state index is 12.5. The van der Waals surface area contributed by atoms with Gasteiger partial charge in [0.2, 0.25) is 0 Å². The molecule has 1 aliphatic carbocycles. The van der Waals surface area contributed by atoms with Crippen LogP contribution in [0.4, 0.5) is 0 Å². The Morgan fingerprint density at radius 2 is 2.15 bits per heavy atom. The van der Waals surface area contributed by atoms with Crippen molar-refractivity contribution >= 4 is 5.91 Å². The topological polar surface area (TPSA) is 69.2 Å². The van der Waals surface area contributed by atoms with Gasteiger partial charge >= 0.3 is 0 Å². The number of hydrogen-bond acceptors (Lipinski definition) is 3. The molecule has 0 saturated heterocycles. The number of unbranched alkanes of at least 4 members (excludes halogenated alkanes) is 1. The zero-order valence-electron chi connectivity index (χ0n) is 12.6. The molecule has 0 unspecified atom stereocenters. The summed E-state index contributed by atoms with van der Waals surface area (Å²) >= 11 is 0. The van der Waals surface area contributed by atoms with Crippen LogP contribution in [0.5, 0.6) is 0 Å². The zero-order chi connectivity index (χ0) is 14.8. The van der Waals surface area contributed by atoms with Crippen LogP contribution >= 0.6 is 0 Å². The van der Waals surface area contributed by atoms with Crippen molar-refractivity contribution in [2.45, 2.75) is 57.9 Å². The second kappa shape index (κ2) is 5.95. The number of carbonyl (C=O) groups is 1. The number of aromatic nitrogens is 2. The molecule has 1 aromatic rings. The fourth-order valence-electron chi connectivity index (χ4n) is 2.19. The van der Waals surface area contributed by atoms with E-state index in [1.165, 1.54) is 0 Å². The van der Waals surface area contributed by atoms with E-state index in [0.717, 1.165) is 31.4 Å². The maximum Gasteiger partial charge on any atom is 0.274 e. The molecule has 2 N–H and O–H groups in total. The number of aromatic amines is 1. The summed E-state index contributed by atoms with van der Waals surface area (Å²) in [5, 5.41) is 16.0. The van der Waals surface area contributed by atoms with Crippen molar-refractivity contribution in [3.05, 3.63) is 17.5 Å². The molecule has 5 nitrogen and oxygen atoms in total. The molecule has 20 heavy (non-hydrogen) atoms. The van der Waals surface area contributed by atoms with E-state index in [-0.39, 0.29) is 17.9 Å². The molecule has 0 radical (unpaired) electrons. The number of amides is 1. The number of aliphatic hydroxyl groups is 1. The van der Waals surface area contributed by atoms with Crippen LogP contribution in [0.3, 0.4) is 0 Å². The molecule has 0 aliphatic heterocycles. The average molecular weight is 279 g/mol. The van der Waals surface area contributed by atoms with Gasteiger partial charge in [-0.25, -0.2) is 0 Å². The maximum atomic E-state index is 12.5. The minimum absolute atomic E-state index is 0.0113. The fourth-order valence-corrected chi connectivity index (χ4v) is 2.19. The molecule has 1 aliphatic rings. The van der Waals surface area contributed by atoms with E-state index in [0.29, 0.717) is 18.3 Å². The lowest BCUT2D eigenvalue weighted by molar-refractivity contribution is 0.0731. The molecule has 1 heterocycles. The first-order valence-electron chi connectivity index (χ1n) is 7.41. The fraction of sp³-hybridized carbons (Fsp3) is 0.733. The Morgan fingerprint density at radius 3 is 2.65 bits per heavy atom. The van der Waals surface area contributed by atoms with Crippen LogP contribution in [0, 0.1) is 0 Å². The van der Waals surface area contributed by atoms with E-state index in [1.807, 2.05) is 11.0 Å². The number of aliphatic hydroxyl groups excluding tert-OH is 1. The van der Waals surface area contributed by atoms with Crippen molar-refractivity contribution in [2.24, 2.45) is 0 Å². The van der Waals surface area contributed by atoms with Gasteiger partial charge < -0.3 is 10.0 Å². The van der Waals surface area contributed by atoms with Crippen LogP contribution in [0.2, 0.25) is 0 Å². The quantitative estimate of drug-likeness (QED) is 0.783. The highest BCUT2D eigenvalue weighted by Gasteiger charge is 2.34. The predicted molar refractivity (Wildman–Crippen MR) is 77.7 cm³/mol. The monoisotopic (exact) mass is 279 g/mol. The third-order valence-electron chi connectivity index (χ3n) is 3.66. The summed E-state index contributed by atoms with van der Waals surface area (Å²) in [7, 11) is 0. The lowest BCUT2D eigenvalue weighted by Crippen LogP contribution is -2.34. The highest BCUT2D eigenvalue weighted by atomic mass is 16.3. The van der Waals surface area contributed by atoms with E-state index in [4.69, 9.17) is 5.11 Å². The van der Waals surface area contributed by atoms with Crippen LogP contribution in [0.1, 0.15) is 62.6 Å².